The zero-order valence-electron chi connectivity index (χ0n) is 12.5. The second-order valence-electron chi connectivity index (χ2n) is 4.61. The van der Waals surface area contributed by atoms with E-state index in [1.807, 2.05) is 0 Å². The van der Waals surface area contributed by atoms with Crippen molar-refractivity contribution in [2.45, 2.75) is 6.61 Å². The molecule has 0 spiro atoms. The van der Waals surface area contributed by atoms with Crippen LogP contribution < -0.4 is 4.74 Å². The molecule has 0 aliphatic rings. The van der Waals surface area contributed by atoms with E-state index in [-0.39, 0.29) is 17.7 Å². The second-order valence-corrected chi connectivity index (χ2v) is 4.61. The van der Waals surface area contributed by atoms with E-state index in [2.05, 4.69) is 0 Å². The molecule has 0 saturated carbocycles. The molecule has 0 radical (unpaired) electrons. The number of carbonyl (C=O) groups is 1. The Kier molecular flexibility index (Phi) is 5.48. The van der Waals surface area contributed by atoms with E-state index >= 15 is 0 Å². The lowest BCUT2D eigenvalue weighted by Gasteiger charge is -2.05. The highest BCUT2D eigenvalue weighted by atomic mass is 19.1. The topological polar surface area (TPSA) is 59.3 Å². The Balaban J connectivity index is 2.07. The fraction of sp³-hybridized carbons (Fsp3) is 0.111. The fourth-order valence-corrected chi connectivity index (χ4v) is 1.84. The van der Waals surface area contributed by atoms with Crippen molar-refractivity contribution in [3.63, 3.8) is 0 Å². The largest absolute Gasteiger partial charge is 0.497 e. The average Bonchev–Trinajstić information content (AvgIpc) is 2.59. The Morgan fingerprint density at radius 2 is 1.91 bits per heavy atom. The maximum Gasteiger partial charge on any atom is 0.349 e. The number of nitrogens with zero attached hydrogens (tertiary/aromatic N) is 1. The van der Waals surface area contributed by atoms with Crippen LogP contribution in [0.3, 0.4) is 0 Å². The first-order valence-electron chi connectivity index (χ1n) is 6.80. The standard InChI is InChI=1S/C18H14FNO3/c1-22-16-8-6-13(7-9-16)10-15(11-20)18(21)23-12-14-4-2-3-5-17(14)19/h2-10H,12H2,1H3/b15-10+. The summed E-state index contributed by atoms with van der Waals surface area (Å²) in [7, 11) is 1.55. The van der Waals surface area contributed by atoms with E-state index in [1.54, 1.807) is 49.6 Å². The zero-order chi connectivity index (χ0) is 16.7. The van der Waals surface area contributed by atoms with Crippen LogP contribution in [0, 0.1) is 17.1 Å². The second kappa shape index (κ2) is 7.76. The Morgan fingerprint density at radius 3 is 2.52 bits per heavy atom. The molecule has 0 fully saturated rings. The van der Waals surface area contributed by atoms with E-state index in [1.165, 1.54) is 18.2 Å². The molecule has 4 nitrogen and oxygen atoms in total. The molecule has 0 saturated heterocycles. The number of hydrogen-bond donors (Lipinski definition) is 0. The van der Waals surface area contributed by atoms with Gasteiger partial charge in [0, 0.05) is 5.56 Å². The third-order valence-corrected chi connectivity index (χ3v) is 3.08. The van der Waals surface area contributed by atoms with Crippen LogP contribution in [0.1, 0.15) is 11.1 Å². The van der Waals surface area contributed by atoms with Gasteiger partial charge in [0.1, 0.15) is 29.8 Å². The Bertz CT molecular complexity index is 761. The summed E-state index contributed by atoms with van der Waals surface area (Å²) in [5.74, 6) is -0.590. The molecule has 2 aromatic carbocycles. The van der Waals surface area contributed by atoms with Crippen molar-refractivity contribution in [3.05, 3.63) is 71.0 Å². The fourth-order valence-electron chi connectivity index (χ4n) is 1.84. The molecule has 0 bridgehead atoms. The van der Waals surface area contributed by atoms with Gasteiger partial charge in [0.25, 0.3) is 0 Å². The van der Waals surface area contributed by atoms with Crippen LogP contribution >= 0.6 is 0 Å². The van der Waals surface area contributed by atoms with Gasteiger partial charge in [-0.2, -0.15) is 5.26 Å². The molecule has 0 unspecified atom stereocenters. The maximum atomic E-state index is 13.5. The van der Waals surface area contributed by atoms with E-state index in [0.29, 0.717) is 11.3 Å². The van der Waals surface area contributed by atoms with Gasteiger partial charge >= 0.3 is 5.97 Å². The van der Waals surface area contributed by atoms with Crippen molar-refractivity contribution < 1.29 is 18.7 Å². The molecule has 0 atom stereocenters. The van der Waals surface area contributed by atoms with Gasteiger partial charge in [-0.1, -0.05) is 30.3 Å². The summed E-state index contributed by atoms with van der Waals surface area (Å²) in [6.45, 7) is -0.229. The molecule has 2 rings (SSSR count). The van der Waals surface area contributed by atoms with Gasteiger partial charge in [0.05, 0.1) is 7.11 Å². The number of benzene rings is 2. The molecule has 23 heavy (non-hydrogen) atoms. The highest BCUT2D eigenvalue weighted by Gasteiger charge is 2.12. The molecule has 5 heteroatoms. The monoisotopic (exact) mass is 311 g/mol. The first-order chi connectivity index (χ1) is 11.1. The molecule has 116 valence electrons. The number of ether oxygens (including phenoxy) is 2. The van der Waals surface area contributed by atoms with Crippen LogP contribution in [0.5, 0.6) is 5.75 Å². The van der Waals surface area contributed by atoms with Gasteiger partial charge in [-0.25, -0.2) is 9.18 Å². The lowest BCUT2D eigenvalue weighted by Crippen LogP contribution is -2.07. The van der Waals surface area contributed by atoms with Gasteiger partial charge in [-0.05, 0) is 29.8 Å². The van der Waals surface area contributed by atoms with E-state index < -0.39 is 11.8 Å². The molecule has 0 amide bonds. The minimum Gasteiger partial charge on any atom is -0.497 e. The summed E-state index contributed by atoms with van der Waals surface area (Å²) in [6.07, 6.45) is 1.41. The zero-order valence-corrected chi connectivity index (χ0v) is 12.5. The van der Waals surface area contributed by atoms with Crippen LogP contribution in [0.15, 0.2) is 54.1 Å². The van der Waals surface area contributed by atoms with Crippen molar-refractivity contribution in [2.75, 3.05) is 7.11 Å². The van der Waals surface area contributed by atoms with Gasteiger partial charge < -0.3 is 9.47 Å². The van der Waals surface area contributed by atoms with Crippen LogP contribution in [0.25, 0.3) is 6.08 Å². The number of rotatable bonds is 5. The summed E-state index contributed by atoms with van der Waals surface area (Å²) in [4.78, 5) is 11.9. The first kappa shape index (κ1) is 16.2. The van der Waals surface area contributed by atoms with Crippen molar-refractivity contribution >= 4 is 12.0 Å². The van der Waals surface area contributed by atoms with Crippen LogP contribution in [0.4, 0.5) is 4.39 Å². The van der Waals surface area contributed by atoms with Crippen LogP contribution in [-0.4, -0.2) is 13.1 Å². The molecule has 0 aliphatic carbocycles. The quantitative estimate of drug-likeness (QED) is 0.482. The number of hydrogen-bond acceptors (Lipinski definition) is 4. The number of carbonyl (C=O) groups excluding carboxylic acids is 1. The van der Waals surface area contributed by atoms with Gasteiger partial charge in [-0.15, -0.1) is 0 Å². The van der Waals surface area contributed by atoms with Crippen molar-refractivity contribution in [1.82, 2.24) is 0 Å². The van der Waals surface area contributed by atoms with Crippen LogP contribution in [-0.2, 0) is 16.1 Å². The molecule has 0 aromatic heterocycles. The molecule has 2 aromatic rings. The van der Waals surface area contributed by atoms with Crippen molar-refractivity contribution in [1.29, 1.82) is 5.26 Å². The van der Waals surface area contributed by atoms with E-state index in [4.69, 9.17) is 14.7 Å². The van der Waals surface area contributed by atoms with Crippen molar-refractivity contribution in [2.24, 2.45) is 0 Å². The summed E-state index contributed by atoms with van der Waals surface area (Å²) in [5, 5.41) is 9.09. The summed E-state index contributed by atoms with van der Waals surface area (Å²) >= 11 is 0. The normalized spacial score (nSPS) is 10.7. The average molecular weight is 311 g/mol. The minimum absolute atomic E-state index is 0.161. The number of nitriles is 1. The summed E-state index contributed by atoms with van der Waals surface area (Å²) in [5.41, 5.74) is 0.749. The Morgan fingerprint density at radius 1 is 1.22 bits per heavy atom. The minimum atomic E-state index is -0.799. The molecular weight excluding hydrogens is 297 g/mol. The SMILES string of the molecule is COc1ccc(/C=C(\C#N)C(=O)OCc2ccccc2F)cc1. The number of methoxy groups -OCH3 is 1. The molecule has 0 heterocycles. The lowest BCUT2D eigenvalue weighted by molar-refractivity contribution is -0.139. The summed E-state index contributed by atoms with van der Waals surface area (Å²) < 4.78 is 23.5. The third kappa shape index (κ3) is 4.42. The maximum absolute atomic E-state index is 13.5. The highest BCUT2D eigenvalue weighted by Crippen LogP contribution is 2.15. The molecular formula is C18H14FNO3. The predicted octanol–water partition coefficient (Wildman–Crippen LogP) is 3.48. The lowest BCUT2D eigenvalue weighted by atomic mass is 10.1. The van der Waals surface area contributed by atoms with Crippen LogP contribution in [0.2, 0.25) is 0 Å². The Labute approximate surface area is 133 Å². The van der Waals surface area contributed by atoms with Gasteiger partial charge in [0.2, 0.25) is 0 Å². The van der Waals surface area contributed by atoms with Crippen molar-refractivity contribution in [3.8, 4) is 11.8 Å². The first-order valence-corrected chi connectivity index (χ1v) is 6.80. The molecule has 0 aliphatic heterocycles. The van der Waals surface area contributed by atoms with E-state index in [9.17, 15) is 9.18 Å². The molecule has 0 N–H and O–H groups in total. The number of esters is 1. The van der Waals surface area contributed by atoms with Gasteiger partial charge in [-0.3, -0.25) is 0 Å². The van der Waals surface area contributed by atoms with Gasteiger partial charge in [0.15, 0.2) is 0 Å². The predicted molar refractivity (Wildman–Crippen MR) is 82.8 cm³/mol. The third-order valence-electron chi connectivity index (χ3n) is 3.08. The smallest absolute Gasteiger partial charge is 0.349 e. The Hall–Kier alpha value is -3.13. The number of halogens is 1. The van der Waals surface area contributed by atoms with E-state index in [0.717, 1.165) is 0 Å². The summed E-state index contributed by atoms with van der Waals surface area (Å²) in [6, 6.07) is 14.6. The highest BCUT2D eigenvalue weighted by molar-refractivity contribution is 5.97.